The fraction of sp³-hybridized carbons (Fsp3) is 0. The molecule has 0 rings (SSSR count). The molecule has 0 aromatic carbocycles. The maximum Gasteiger partial charge on any atom is 1.00 e. The van der Waals surface area contributed by atoms with Crippen molar-refractivity contribution in [2.24, 2.45) is 0 Å². The van der Waals surface area contributed by atoms with E-state index in [2.05, 4.69) is 0 Å². The summed E-state index contributed by atoms with van der Waals surface area (Å²) in [6.45, 7) is 0. The van der Waals surface area contributed by atoms with E-state index in [1.54, 1.807) is 0 Å². The maximum absolute atomic E-state index is 0. The van der Waals surface area contributed by atoms with Crippen LogP contribution in [-0.4, -0.2) is 17.4 Å². The van der Waals surface area contributed by atoms with Gasteiger partial charge >= 0.3 is 51.4 Å². The van der Waals surface area contributed by atoms with Crippen molar-refractivity contribution < 1.29 is 81.0 Å². The summed E-state index contributed by atoms with van der Waals surface area (Å²) in [6, 6.07) is 0. The first-order valence-corrected chi connectivity index (χ1v) is 0. The van der Waals surface area contributed by atoms with Crippen molar-refractivity contribution in [1.29, 1.82) is 0 Å². The van der Waals surface area contributed by atoms with Crippen molar-refractivity contribution in [3.8, 4) is 0 Å². The molecule has 0 aliphatic heterocycles. The monoisotopic (exact) mass is 207 g/mol. The average Bonchev–Trinajstić information content (AvgIpc) is 0. The standard InChI is InChI=1S/Al.6FH.K.H3N.4H/h;6*1H;;1H3;;;;/q;;;;;;;+1;;;;;-1. The van der Waals surface area contributed by atoms with Gasteiger partial charge in [-0.1, -0.05) is 0 Å². The molecular formula is H13AlF6KN. The molecule has 0 atom stereocenters. The summed E-state index contributed by atoms with van der Waals surface area (Å²) in [4.78, 5) is 0. The van der Waals surface area contributed by atoms with Crippen LogP contribution < -0.4 is 57.5 Å². The van der Waals surface area contributed by atoms with Crippen LogP contribution in [0.5, 0.6) is 0 Å². The summed E-state index contributed by atoms with van der Waals surface area (Å²) in [7, 11) is 0. The van der Waals surface area contributed by atoms with Crippen LogP contribution in [-0.2, 0) is 0 Å². The molecule has 0 spiro atoms. The largest absolute Gasteiger partial charge is 1.00 e. The van der Waals surface area contributed by atoms with Crippen LogP contribution in [0.3, 0.4) is 0 Å². The van der Waals surface area contributed by atoms with Gasteiger partial charge < -0.3 is 7.58 Å². The van der Waals surface area contributed by atoms with Gasteiger partial charge in [-0.15, -0.1) is 0 Å². The van der Waals surface area contributed by atoms with E-state index in [1.807, 2.05) is 0 Å². The molecule has 0 heterocycles. The van der Waals surface area contributed by atoms with Crippen LogP contribution >= 0.6 is 0 Å². The summed E-state index contributed by atoms with van der Waals surface area (Å²) in [5.41, 5.74) is 0. The van der Waals surface area contributed by atoms with Gasteiger partial charge in [0.05, 0.1) is 0 Å². The molecular weight excluding hydrogens is 194 g/mol. The Bertz CT molecular complexity index is 17.7. The van der Waals surface area contributed by atoms with Crippen LogP contribution in [0, 0.1) is 0 Å². The Morgan fingerprint density at radius 1 is 0.556 bits per heavy atom. The van der Waals surface area contributed by atoms with Gasteiger partial charge in [0.1, 0.15) is 0 Å². The molecule has 9 heavy (non-hydrogen) atoms. The molecule has 0 radical (unpaired) electrons. The molecule has 0 amide bonds. The normalized spacial score (nSPS) is 0. The molecule has 0 saturated heterocycles. The zero-order valence-corrected chi connectivity index (χ0v) is 7.28. The zero-order valence-electron chi connectivity index (χ0n) is 5.16. The van der Waals surface area contributed by atoms with E-state index in [0.29, 0.717) is 0 Å². The van der Waals surface area contributed by atoms with Gasteiger partial charge in [0, 0.05) is 0 Å². The van der Waals surface area contributed by atoms with Gasteiger partial charge in [-0.25, -0.2) is 0 Å². The molecule has 0 unspecified atom stereocenters. The van der Waals surface area contributed by atoms with Crippen molar-refractivity contribution in [2.45, 2.75) is 0 Å². The first kappa shape index (κ1) is 346. The SMILES string of the molecule is F.F.F.F.F.F.N.[AlH3].[H-].[K+]. The van der Waals surface area contributed by atoms with Crippen LogP contribution in [0.15, 0.2) is 0 Å². The van der Waals surface area contributed by atoms with E-state index in [1.165, 1.54) is 0 Å². The third-order valence-electron chi connectivity index (χ3n) is 0. The summed E-state index contributed by atoms with van der Waals surface area (Å²) >= 11 is 0. The van der Waals surface area contributed by atoms with Gasteiger partial charge in [0.15, 0.2) is 17.4 Å². The van der Waals surface area contributed by atoms with Crippen molar-refractivity contribution in [2.75, 3.05) is 0 Å². The molecule has 0 aliphatic rings. The second-order valence-electron chi connectivity index (χ2n) is 0. The Hall–Kier alpha value is 1.71. The minimum absolute atomic E-state index is 0. The summed E-state index contributed by atoms with van der Waals surface area (Å²) < 4.78 is 0. The first-order chi connectivity index (χ1) is 0. The van der Waals surface area contributed by atoms with Crippen LogP contribution in [0.1, 0.15) is 1.43 Å². The fourth-order valence-electron chi connectivity index (χ4n) is 0. The third-order valence-corrected chi connectivity index (χ3v) is 0. The van der Waals surface area contributed by atoms with Crippen molar-refractivity contribution >= 4 is 17.4 Å². The Kier molecular flexibility index (Phi) is 9690. The van der Waals surface area contributed by atoms with E-state index in [4.69, 9.17) is 0 Å². The molecule has 64 valence electrons. The van der Waals surface area contributed by atoms with E-state index in [-0.39, 0.29) is 105 Å². The summed E-state index contributed by atoms with van der Waals surface area (Å²) in [6.07, 6.45) is 0. The third kappa shape index (κ3) is 198. The van der Waals surface area contributed by atoms with Gasteiger partial charge in [-0.2, -0.15) is 0 Å². The van der Waals surface area contributed by atoms with Gasteiger partial charge in [0.2, 0.25) is 0 Å². The number of hydrogen-bond donors (Lipinski definition) is 1. The second-order valence-corrected chi connectivity index (χ2v) is 0. The van der Waals surface area contributed by atoms with Crippen LogP contribution in [0.2, 0.25) is 0 Å². The van der Waals surface area contributed by atoms with Gasteiger partial charge in [-0.05, 0) is 0 Å². The van der Waals surface area contributed by atoms with Crippen molar-refractivity contribution in [3.05, 3.63) is 0 Å². The average molecular weight is 207 g/mol. The Labute approximate surface area is 103 Å². The molecule has 0 aromatic rings. The Balaban J connectivity index is 0. The molecule has 0 bridgehead atoms. The van der Waals surface area contributed by atoms with Gasteiger partial charge in [0.25, 0.3) is 0 Å². The Morgan fingerprint density at radius 3 is 0.556 bits per heavy atom. The fourth-order valence-corrected chi connectivity index (χ4v) is 0. The molecule has 9 heteroatoms. The van der Waals surface area contributed by atoms with E-state index in [0.717, 1.165) is 0 Å². The van der Waals surface area contributed by atoms with Crippen molar-refractivity contribution in [3.63, 3.8) is 0 Å². The molecule has 0 saturated carbocycles. The minimum Gasteiger partial charge on any atom is -1.00 e. The van der Waals surface area contributed by atoms with Crippen LogP contribution in [0.25, 0.3) is 0 Å². The smallest absolute Gasteiger partial charge is 1.00 e. The zero-order chi connectivity index (χ0) is 0. The minimum atomic E-state index is 0. The molecule has 0 aromatic heterocycles. The molecule has 0 aliphatic carbocycles. The number of rotatable bonds is 0. The summed E-state index contributed by atoms with van der Waals surface area (Å²) in [5.74, 6) is 0. The summed E-state index contributed by atoms with van der Waals surface area (Å²) in [5, 5.41) is 0. The van der Waals surface area contributed by atoms with Gasteiger partial charge in [-0.3, -0.25) is 28.2 Å². The molecule has 0 fully saturated rings. The van der Waals surface area contributed by atoms with Crippen molar-refractivity contribution in [1.82, 2.24) is 6.15 Å². The van der Waals surface area contributed by atoms with Crippen LogP contribution in [0.4, 0.5) is 28.2 Å². The predicted octanol–water partition coefficient (Wildman–Crippen LogP) is -2.99. The molecule has 3 N–H and O–H groups in total. The second kappa shape index (κ2) is 252. The number of hydrogen-bond acceptors (Lipinski definition) is 1. The van der Waals surface area contributed by atoms with E-state index >= 15 is 0 Å². The number of halogens is 6. The molecule has 1 nitrogen and oxygen atoms in total. The Morgan fingerprint density at radius 2 is 0.556 bits per heavy atom. The quantitative estimate of drug-likeness (QED) is 0.334. The maximum atomic E-state index is 0. The topological polar surface area (TPSA) is 35.0 Å². The predicted molar refractivity (Wildman–Crippen MR) is 31.1 cm³/mol. The van der Waals surface area contributed by atoms with E-state index < -0.39 is 0 Å². The van der Waals surface area contributed by atoms with E-state index in [9.17, 15) is 0 Å². The first-order valence-electron chi connectivity index (χ1n) is 0.